The first kappa shape index (κ1) is 19.9. The van der Waals surface area contributed by atoms with E-state index in [1.165, 1.54) is 17.7 Å². The Kier molecular flexibility index (Phi) is 6.30. The van der Waals surface area contributed by atoms with E-state index in [0.29, 0.717) is 24.9 Å². The van der Waals surface area contributed by atoms with E-state index in [2.05, 4.69) is 16.3 Å². The summed E-state index contributed by atoms with van der Waals surface area (Å²) < 4.78 is 11.4. The molecule has 0 unspecified atom stereocenters. The number of nitrogens with one attached hydrogen (secondary N) is 1. The number of hydrogen-bond donors (Lipinski definition) is 1. The predicted octanol–water partition coefficient (Wildman–Crippen LogP) is 4.15. The molecule has 2 aromatic carbocycles. The van der Waals surface area contributed by atoms with Crippen molar-refractivity contribution in [2.75, 3.05) is 25.1 Å². The van der Waals surface area contributed by atoms with Crippen molar-refractivity contribution in [1.82, 2.24) is 4.90 Å². The molecule has 1 N–H and O–H groups in total. The van der Waals surface area contributed by atoms with Crippen LogP contribution in [0.5, 0.6) is 11.5 Å². The number of rotatable bonds is 6. The van der Waals surface area contributed by atoms with Crippen LogP contribution in [0.4, 0.5) is 11.4 Å². The van der Waals surface area contributed by atoms with Gasteiger partial charge in [-0.15, -0.1) is 0 Å². The standard InChI is InChI=1S/C20H23N3O4S/c1-3-26-18-11-14-9-10-22(13-15(14)12-19(18)27-4-2)20(28)21-16-5-7-17(8-6-16)23(24)25/h5-8,11-12H,3-4,9-10,13H2,1-2H3,(H,21,28). The highest BCUT2D eigenvalue weighted by Crippen LogP contribution is 2.34. The van der Waals surface area contributed by atoms with Gasteiger partial charge in [-0.1, -0.05) is 0 Å². The third-order valence-electron chi connectivity index (χ3n) is 4.49. The van der Waals surface area contributed by atoms with Gasteiger partial charge in [0.15, 0.2) is 16.6 Å². The van der Waals surface area contributed by atoms with Crippen molar-refractivity contribution in [2.45, 2.75) is 26.8 Å². The molecule has 1 heterocycles. The Morgan fingerprint density at radius 3 is 2.32 bits per heavy atom. The van der Waals surface area contributed by atoms with Crippen molar-refractivity contribution >= 4 is 28.7 Å². The highest BCUT2D eigenvalue weighted by Gasteiger charge is 2.21. The molecule has 0 radical (unpaired) electrons. The van der Waals surface area contributed by atoms with E-state index in [1.807, 2.05) is 19.9 Å². The average molecular weight is 401 g/mol. The molecule has 0 aromatic heterocycles. The van der Waals surface area contributed by atoms with Gasteiger partial charge >= 0.3 is 0 Å². The largest absolute Gasteiger partial charge is 0.490 e. The lowest BCUT2D eigenvalue weighted by atomic mass is 9.99. The van der Waals surface area contributed by atoms with E-state index < -0.39 is 4.92 Å². The fraction of sp³-hybridized carbons (Fsp3) is 0.350. The molecule has 2 aromatic rings. The number of benzene rings is 2. The van der Waals surface area contributed by atoms with Crippen LogP contribution in [-0.2, 0) is 13.0 Å². The van der Waals surface area contributed by atoms with E-state index in [1.54, 1.807) is 12.1 Å². The van der Waals surface area contributed by atoms with Crippen LogP contribution in [0.2, 0.25) is 0 Å². The van der Waals surface area contributed by atoms with E-state index >= 15 is 0 Å². The number of ether oxygens (including phenoxy) is 2. The second kappa shape index (κ2) is 8.88. The second-order valence-electron chi connectivity index (χ2n) is 6.34. The Balaban J connectivity index is 1.72. The molecular formula is C20H23N3O4S. The number of fused-ring (bicyclic) bond motifs is 1. The Hall–Kier alpha value is -2.87. The maximum atomic E-state index is 10.8. The highest BCUT2D eigenvalue weighted by molar-refractivity contribution is 7.80. The molecule has 3 rings (SSSR count). The van der Waals surface area contributed by atoms with Crippen molar-refractivity contribution < 1.29 is 14.4 Å². The van der Waals surface area contributed by atoms with E-state index in [0.717, 1.165) is 35.7 Å². The third kappa shape index (κ3) is 4.51. The zero-order chi connectivity index (χ0) is 20.1. The van der Waals surface area contributed by atoms with E-state index in [9.17, 15) is 10.1 Å². The number of hydrogen-bond acceptors (Lipinski definition) is 5. The van der Waals surface area contributed by atoms with Gasteiger partial charge in [0.25, 0.3) is 5.69 Å². The minimum atomic E-state index is -0.420. The van der Waals surface area contributed by atoms with Gasteiger partial charge in [0, 0.05) is 30.9 Å². The number of anilines is 1. The van der Waals surface area contributed by atoms with Gasteiger partial charge in [0.05, 0.1) is 18.1 Å². The summed E-state index contributed by atoms with van der Waals surface area (Å²) in [5.74, 6) is 1.53. The molecular weight excluding hydrogens is 378 g/mol. The number of nitro groups is 1. The van der Waals surface area contributed by atoms with Gasteiger partial charge in [-0.25, -0.2) is 0 Å². The van der Waals surface area contributed by atoms with Crippen LogP contribution in [0.25, 0.3) is 0 Å². The zero-order valence-corrected chi connectivity index (χ0v) is 16.8. The van der Waals surface area contributed by atoms with Crippen LogP contribution in [0.1, 0.15) is 25.0 Å². The van der Waals surface area contributed by atoms with E-state index in [-0.39, 0.29) is 5.69 Å². The van der Waals surface area contributed by atoms with Crippen molar-refractivity contribution in [1.29, 1.82) is 0 Å². The van der Waals surface area contributed by atoms with Crippen molar-refractivity contribution in [2.24, 2.45) is 0 Å². The summed E-state index contributed by atoms with van der Waals surface area (Å²) in [6, 6.07) is 10.3. The van der Waals surface area contributed by atoms with Gasteiger partial charge < -0.3 is 19.7 Å². The van der Waals surface area contributed by atoms with Gasteiger partial charge in [0.2, 0.25) is 0 Å². The first-order valence-corrected chi connectivity index (χ1v) is 9.64. The summed E-state index contributed by atoms with van der Waals surface area (Å²) in [6.07, 6.45) is 0.851. The number of non-ortho nitro benzene ring substituents is 1. The molecule has 148 valence electrons. The number of nitro benzene ring substituents is 1. The lowest BCUT2D eigenvalue weighted by Crippen LogP contribution is -2.38. The van der Waals surface area contributed by atoms with Crippen LogP contribution >= 0.6 is 12.2 Å². The first-order chi connectivity index (χ1) is 13.5. The van der Waals surface area contributed by atoms with Gasteiger partial charge in [0.1, 0.15) is 0 Å². The van der Waals surface area contributed by atoms with Crippen molar-refractivity contribution in [3.05, 3.63) is 57.6 Å². The normalized spacial score (nSPS) is 12.9. The maximum Gasteiger partial charge on any atom is 0.269 e. The number of thiocarbonyl (C=S) groups is 1. The van der Waals surface area contributed by atoms with Crippen LogP contribution in [0.15, 0.2) is 36.4 Å². The molecule has 0 fully saturated rings. The quantitative estimate of drug-likeness (QED) is 0.443. The SMILES string of the molecule is CCOc1cc2c(cc1OCC)CN(C(=S)Nc1ccc([N+](=O)[O-])cc1)CC2. The summed E-state index contributed by atoms with van der Waals surface area (Å²) in [7, 11) is 0. The minimum absolute atomic E-state index is 0.0527. The maximum absolute atomic E-state index is 10.8. The zero-order valence-electron chi connectivity index (χ0n) is 15.9. The Bertz CT molecular complexity index is 870. The third-order valence-corrected chi connectivity index (χ3v) is 4.85. The molecule has 7 nitrogen and oxygen atoms in total. The van der Waals surface area contributed by atoms with E-state index in [4.69, 9.17) is 21.7 Å². The second-order valence-corrected chi connectivity index (χ2v) is 6.73. The molecule has 0 saturated carbocycles. The molecule has 0 spiro atoms. The molecule has 0 atom stereocenters. The highest BCUT2D eigenvalue weighted by atomic mass is 32.1. The molecule has 0 amide bonds. The monoisotopic (exact) mass is 401 g/mol. The Morgan fingerprint density at radius 1 is 1.14 bits per heavy atom. The van der Waals surface area contributed by atoms with Gasteiger partial charge in [-0.05, 0) is 67.9 Å². The van der Waals surface area contributed by atoms with Crippen LogP contribution in [0, 0.1) is 10.1 Å². The van der Waals surface area contributed by atoms with Crippen LogP contribution in [-0.4, -0.2) is 34.7 Å². The van der Waals surface area contributed by atoms with Gasteiger partial charge in [-0.2, -0.15) is 0 Å². The molecule has 0 aliphatic carbocycles. The minimum Gasteiger partial charge on any atom is -0.490 e. The summed E-state index contributed by atoms with van der Waals surface area (Å²) in [5, 5.41) is 14.5. The lowest BCUT2D eigenvalue weighted by Gasteiger charge is -2.32. The topological polar surface area (TPSA) is 76.9 Å². The predicted molar refractivity (Wildman–Crippen MR) is 112 cm³/mol. The molecule has 1 aliphatic rings. The Labute approximate surface area is 169 Å². The van der Waals surface area contributed by atoms with Crippen LogP contribution < -0.4 is 14.8 Å². The van der Waals surface area contributed by atoms with Crippen molar-refractivity contribution in [3.63, 3.8) is 0 Å². The lowest BCUT2D eigenvalue weighted by molar-refractivity contribution is -0.384. The fourth-order valence-corrected chi connectivity index (χ4v) is 3.42. The summed E-state index contributed by atoms with van der Waals surface area (Å²) in [4.78, 5) is 12.4. The molecule has 8 heteroatoms. The molecule has 1 aliphatic heterocycles. The number of nitrogens with zero attached hydrogens (tertiary/aromatic N) is 2. The first-order valence-electron chi connectivity index (χ1n) is 9.23. The van der Waals surface area contributed by atoms with Crippen LogP contribution in [0.3, 0.4) is 0 Å². The summed E-state index contributed by atoms with van der Waals surface area (Å²) >= 11 is 5.55. The molecule has 28 heavy (non-hydrogen) atoms. The average Bonchev–Trinajstić information content (AvgIpc) is 2.69. The van der Waals surface area contributed by atoms with Gasteiger partial charge in [-0.3, -0.25) is 10.1 Å². The fourth-order valence-electron chi connectivity index (χ4n) is 3.14. The summed E-state index contributed by atoms with van der Waals surface area (Å²) in [5.41, 5.74) is 3.17. The smallest absolute Gasteiger partial charge is 0.269 e. The van der Waals surface area contributed by atoms with Crippen molar-refractivity contribution in [3.8, 4) is 11.5 Å². The molecule has 0 saturated heterocycles. The summed E-state index contributed by atoms with van der Waals surface area (Å²) in [6.45, 7) is 6.52. The molecule has 0 bridgehead atoms. The Morgan fingerprint density at radius 2 is 1.75 bits per heavy atom.